The Morgan fingerprint density at radius 1 is 0.302 bits per heavy atom. The molecule has 0 bridgehead atoms. The van der Waals surface area contributed by atoms with Gasteiger partial charge in [0.1, 0.15) is 0 Å². The van der Waals surface area contributed by atoms with E-state index >= 15 is 0 Å². The first-order chi connectivity index (χ1) is 18.1. The van der Waals surface area contributed by atoms with Gasteiger partial charge in [-0.05, 0) is 28.2 Å². The summed E-state index contributed by atoms with van der Waals surface area (Å²) >= 11 is 0. The van der Waals surface area contributed by atoms with Crippen LogP contribution in [-0.2, 0) is 0 Å². The summed E-state index contributed by atoms with van der Waals surface area (Å²) in [6, 6.07) is -6.85. The Morgan fingerprint density at radius 2 is 0.442 bits per heavy atom. The molecule has 0 aliphatic heterocycles. The third-order valence-corrected chi connectivity index (χ3v) is 4.84. The van der Waals surface area contributed by atoms with E-state index in [4.69, 9.17) is 0 Å². The predicted molar refractivity (Wildman–Crippen MR) is 89.1 cm³/mol. The van der Waals surface area contributed by atoms with E-state index in [-0.39, 0.29) is 0 Å². The molecule has 0 aromatic rings. The van der Waals surface area contributed by atoms with Crippen molar-refractivity contribution in [3.05, 3.63) is 0 Å². The SMILES string of the molecule is CN(C)C(F)(F)C(F)(F)C(F)(F)C(F)(F)C(F)(F)C(F)(F)C(F)(F)C(F)(F)C(F)(F)C(F)(F)C(F)(F)C(F)(F)F.CNC. The first kappa shape index (κ1) is 43.3. The average molecular weight is 708 g/mol. The molecule has 0 aromatic carbocycles. The van der Waals surface area contributed by atoms with E-state index in [0.29, 0.717) is 0 Å². The maximum atomic E-state index is 13.6. The van der Waals surface area contributed by atoms with Gasteiger partial charge in [0.15, 0.2) is 0 Å². The summed E-state index contributed by atoms with van der Waals surface area (Å²) in [7, 11) is 2.92. The summed E-state index contributed by atoms with van der Waals surface area (Å²) < 4.78 is 330. The molecule has 0 saturated carbocycles. The standard InChI is InChI=1S/C14H6F25N.C2H7N/c1-40(2)14(38,39)12(33,34)10(29,30)8(25,26)6(21,22)4(17,18)3(15,16)5(19,20)7(23,24)9(27,28)11(31,32)13(35,36)37;1-3-2/h1-2H3;3H,1-2H3. The molecule has 0 aromatic heterocycles. The largest absolute Gasteiger partial charge is 0.460 e. The maximum Gasteiger partial charge on any atom is 0.460 e. The van der Waals surface area contributed by atoms with Crippen LogP contribution in [0.25, 0.3) is 0 Å². The van der Waals surface area contributed by atoms with Gasteiger partial charge in [-0.25, -0.2) is 4.90 Å². The minimum Gasteiger partial charge on any atom is -0.323 e. The molecule has 2 nitrogen and oxygen atoms in total. The Morgan fingerprint density at radius 3 is 0.581 bits per heavy atom. The van der Waals surface area contributed by atoms with Crippen molar-refractivity contribution in [1.29, 1.82) is 0 Å². The van der Waals surface area contributed by atoms with E-state index < -0.39 is 90.4 Å². The molecule has 0 radical (unpaired) electrons. The molecule has 262 valence electrons. The molecule has 27 heteroatoms. The van der Waals surface area contributed by atoms with Crippen molar-refractivity contribution in [2.75, 3.05) is 28.2 Å². The van der Waals surface area contributed by atoms with Crippen LogP contribution in [0.4, 0.5) is 110 Å². The predicted octanol–water partition coefficient (Wildman–Crippen LogP) is 7.89. The Balaban J connectivity index is 0. The van der Waals surface area contributed by atoms with Gasteiger partial charge in [-0.1, -0.05) is 0 Å². The van der Waals surface area contributed by atoms with E-state index in [0.717, 1.165) is 0 Å². The van der Waals surface area contributed by atoms with Crippen LogP contribution in [-0.4, -0.2) is 105 Å². The highest BCUT2D eigenvalue weighted by Crippen LogP contribution is 2.67. The fraction of sp³-hybridized carbons (Fsp3) is 1.00. The van der Waals surface area contributed by atoms with Gasteiger partial charge in [-0.2, -0.15) is 110 Å². The molecule has 0 rings (SSSR count). The minimum absolute atomic E-state index is 0.414. The summed E-state index contributed by atoms with van der Waals surface area (Å²) in [5.74, 6) is -91.2. The lowest BCUT2D eigenvalue weighted by Crippen LogP contribution is -2.78. The van der Waals surface area contributed by atoms with Crippen molar-refractivity contribution in [3.63, 3.8) is 0 Å². The molecule has 0 spiro atoms. The van der Waals surface area contributed by atoms with Crippen molar-refractivity contribution in [1.82, 2.24) is 10.2 Å². The number of alkyl halides is 25. The van der Waals surface area contributed by atoms with Crippen LogP contribution < -0.4 is 5.32 Å². The molecule has 0 amide bonds. The lowest BCUT2D eigenvalue weighted by molar-refractivity contribution is -0.484. The molecule has 1 N–H and O–H groups in total. The van der Waals surface area contributed by atoms with Crippen LogP contribution in [0.2, 0.25) is 0 Å². The first-order valence-electron chi connectivity index (χ1n) is 9.59. The van der Waals surface area contributed by atoms with Gasteiger partial charge in [0.25, 0.3) is 0 Å². The third kappa shape index (κ3) is 5.50. The van der Waals surface area contributed by atoms with Gasteiger partial charge < -0.3 is 5.32 Å². The normalized spacial score (nSPS) is 16.3. The second-order valence-electron chi connectivity index (χ2n) is 8.18. The van der Waals surface area contributed by atoms with Gasteiger partial charge in [0, 0.05) is 0 Å². The van der Waals surface area contributed by atoms with Gasteiger partial charge in [0.2, 0.25) is 0 Å². The van der Waals surface area contributed by atoms with E-state index in [2.05, 4.69) is 5.32 Å². The van der Waals surface area contributed by atoms with Crippen LogP contribution >= 0.6 is 0 Å². The molecular formula is C16H13F25N2. The first-order valence-corrected chi connectivity index (χ1v) is 9.59. The fourth-order valence-corrected chi connectivity index (χ4v) is 2.23. The zero-order valence-corrected chi connectivity index (χ0v) is 20.4. The van der Waals surface area contributed by atoms with Crippen LogP contribution in [0, 0.1) is 0 Å². The van der Waals surface area contributed by atoms with Crippen molar-refractivity contribution < 1.29 is 110 Å². The molecule has 0 atom stereocenters. The molecule has 0 fully saturated rings. The fourth-order valence-electron chi connectivity index (χ4n) is 2.23. The number of nitrogens with zero attached hydrogens (tertiary/aromatic N) is 1. The van der Waals surface area contributed by atoms with Gasteiger partial charge in [0.05, 0.1) is 0 Å². The Labute approximate surface area is 221 Å². The van der Waals surface area contributed by atoms with Crippen molar-refractivity contribution >= 4 is 0 Å². The Hall–Kier alpha value is -1.83. The maximum absolute atomic E-state index is 13.6. The molecule has 43 heavy (non-hydrogen) atoms. The van der Waals surface area contributed by atoms with Crippen LogP contribution in [0.15, 0.2) is 0 Å². The molecule has 0 aliphatic carbocycles. The Bertz CT molecular complexity index is 945. The van der Waals surface area contributed by atoms with Crippen LogP contribution in [0.5, 0.6) is 0 Å². The summed E-state index contributed by atoms with van der Waals surface area (Å²) in [6.07, 6.45) is -8.16. The van der Waals surface area contributed by atoms with E-state index in [1.54, 1.807) is 0 Å². The van der Waals surface area contributed by atoms with Gasteiger partial charge >= 0.3 is 71.4 Å². The smallest absolute Gasteiger partial charge is 0.323 e. The quantitative estimate of drug-likeness (QED) is 0.174. The number of nitrogens with one attached hydrogen (secondary N) is 1. The lowest BCUT2D eigenvalue weighted by atomic mass is 9.85. The monoisotopic (exact) mass is 708 g/mol. The molecule has 0 aliphatic rings. The topological polar surface area (TPSA) is 15.3 Å². The summed E-state index contributed by atoms with van der Waals surface area (Å²) in [5, 5.41) is 2.75. The molecular weight excluding hydrogens is 695 g/mol. The highest BCUT2D eigenvalue weighted by molar-refractivity contribution is 5.19. The van der Waals surface area contributed by atoms with Crippen LogP contribution in [0.1, 0.15) is 0 Å². The van der Waals surface area contributed by atoms with Crippen molar-refractivity contribution in [2.24, 2.45) is 0 Å². The van der Waals surface area contributed by atoms with Gasteiger partial charge in [-0.3, -0.25) is 0 Å². The summed E-state index contributed by atoms with van der Waals surface area (Å²) in [6.45, 7) is 0. The lowest BCUT2D eigenvalue weighted by Gasteiger charge is -2.46. The van der Waals surface area contributed by atoms with Crippen molar-refractivity contribution in [2.45, 2.75) is 71.4 Å². The van der Waals surface area contributed by atoms with Gasteiger partial charge in [-0.15, -0.1) is 0 Å². The number of hydrogen-bond acceptors (Lipinski definition) is 2. The summed E-state index contributed by atoms with van der Waals surface area (Å²) in [4.78, 5) is -1.51. The zero-order valence-electron chi connectivity index (χ0n) is 20.4. The number of halogens is 25. The molecule has 0 saturated heterocycles. The summed E-state index contributed by atoms with van der Waals surface area (Å²) in [5.41, 5.74) is 0. The van der Waals surface area contributed by atoms with Crippen LogP contribution in [0.3, 0.4) is 0 Å². The minimum atomic E-state index is -9.57. The number of hydrogen-bond donors (Lipinski definition) is 1. The number of rotatable bonds is 11. The molecule has 0 heterocycles. The van der Waals surface area contributed by atoms with E-state index in [1.165, 1.54) is 0 Å². The second kappa shape index (κ2) is 11.2. The molecule has 0 unspecified atom stereocenters. The zero-order chi connectivity index (χ0) is 36.3. The second-order valence-corrected chi connectivity index (χ2v) is 8.18. The highest BCUT2D eigenvalue weighted by atomic mass is 19.4. The third-order valence-electron chi connectivity index (χ3n) is 4.84. The van der Waals surface area contributed by atoms with E-state index in [1.807, 2.05) is 14.1 Å². The highest BCUT2D eigenvalue weighted by Gasteiger charge is 2.99. The van der Waals surface area contributed by atoms with E-state index in [9.17, 15) is 110 Å². The average Bonchev–Trinajstić information content (AvgIpc) is 2.77. The Kier molecular flexibility index (Phi) is 11.3. The van der Waals surface area contributed by atoms with Crippen molar-refractivity contribution in [3.8, 4) is 0 Å².